The van der Waals surface area contributed by atoms with Gasteiger partial charge in [-0.1, -0.05) is 26.7 Å². The Kier molecular flexibility index (Phi) is 5.65. The van der Waals surface area contributed by atoms with E-state index in [9.17, 15) is 10.2 Å². The van der Waals surface area contributed by atoms with Crippen LogP contribution in [-0.2, 0) is 13.5 Å². The van der Waals surface area contributed by atoms with E-state index < -0.39 is 12.2 Å². The molecule has 0 aromatic carbocycles. The van der Waals surface area contributed by atoms with Gasteiger partial charge in [-0.15, -0.1) is 0 Å². The fraction of sp³-hybridized carbons (Fsp3) is 0.769. The van der Waals surface area contributed by atoms with Crippen molar-refractivity contribution in [1.82, 2.24) is 9.55 Å². The molecule has 1 aromatic heterocycles. The molecule has 4 nitrogen and oxygen atoms in total. The van der Waals surface area contributed by atoms with Crippen molar-refractivity contribution in [3.63, 3.8) is 0 Å². The maximum absolute atomic E-state index is 10.00. The van der Waals surface area contributed by atoms with Crippen LogP contribution in [0, 0.1) is 5.92 Å². The summed E-state index contributed by atoms with van der Waals surface area (Å²) in [4.78, 5) is 4.20. The number of aliphatic hydroxyl groups is 2. The van der Waals surface area contributed by atoms with Gasteiger partial charge in [0.05, 0.1) is 12.2 Å². The lowest BCUT2D eigenvalue weighted by atomic mass is 9.91. The zero-order valence-corrected chi connectivity index (χ0v) is 11.0. The Morgan fingerprint density at radius 3 is 2.41 bits per heavy atom. The van der Waals surface area contributed by atoms with Crippen LogP contribution in [0.5, 0.6) is 0 Å². The Balaban J connectivity index is 2.43. The summed E-state index contributed by atoms with van der Waals surface area (Å²) in [6.45, 7) is 4.09. The molecule has 1 heterocycles. The van der Waals surface area contributed by atoms with Gasteiger partial charge in [0.2, 0.25) is 0 Å². The minimum Gasteiger partial charge on any atom is -0.390 e. The van der Waals surface area contributed by atoms with Crippen molar-refractivity contribution in [1.29, 1.82) is 0 Å². The summed E-state index contributed by atoms with van der Waals surface area (Å²) in [7, 11) is 1.94. The molecule has 0 aliphatic carbocycles. The minimum absolute atomic E-state index is 0.186. The molecule has 0 spiro atoms. The van der Waals surface area contributed by atoms with Gasteiger partial charge < -0.3 is 14.8 Å². The van der Waals surface area contributed by atoms with Gasteiger partial charge in [0.15, 0.2) is 0 Å². The van der Waals surface area contributed by atoms with E-state index >= 15 is 0 Å². The predicted molar refractivity (Wildman–Crippen MR) is 67.6 cm³/mol. The number of imidazole rings is 1. The zero-order chi connectivity index (χ0) is 12.8. The Morgan fingerprint density at radius 2 is 1.94 bits per heavy atom. The Morgan fingerprint density at radius 1 is 1.29 bits per heavy atom. The number of hydrogen-bond donors (Lipinski definition) is 2. The molecule has 1 aromatic rings. The molecule has 0 saturated heterocycles. The van der Waals surface area contributed by atoms with Crippen LogP contribution in [0.2, 0.25) is 0 Å². The third-order valence-corrected chi connectivity index (χ3v) is 3.51. The van der Waals surface area contributed by atoms with Crippen LogP contribution in [0.25, 0.3) is 0 Å². The summed E-state index contributed by atoms with van der Waals surface area (Å²) in [5.74, 6) is 1.13. The summed E-state index contributed by atoms with van der Waals surface area (Å²) in [6.07, 6.45) is 5.42. The molecular weight excluding hydrogens is 216 g/mol. The molecule has 2 atom stereocenters. The van der Waals surface area contributed by atoms with Crippen LogP contribution in [0.4, 0.5) is 0 Å². The molecule has 2 unspecified atom stereocenters. The lowest BCUT2D eigenvalue weighted by molar-refractivity contribution is -0.0232. The zero-order valence-electron chi connectivity index (χ0n) is 11.0. The number of aromatic nitrogens is 2. The summed E-state index contributed by atoms with van der Waals surface area (Å²) < 4.78 is 1.94. The Hall–Kier alpha value is -0.870. The minimum atomic E-state index is -0.656. The number of aliphatic hydroxyl groups excluding tert-OH is 2. The maximum atomic E-state index is 10.00. The van der Waals surface area contributed by atoms with Crippen molar-refractivity contribution in [2.75, 3.05) is 0 Å². The number of rotatable bonds is 7. The second kappa shape index (κ2) is 6.77. The van der Waals surface area contributed by atoms with Gasteiger partial charge >= 0.3 is 0 Å². The fourth-order valence-corrected chi connectivity index (χ4v) is 2.17. The standard InChI is InChI=1S/C13H24N2O2/c1-4-10(5-2)13(17)11(16)6-7-12-14-8-9-15(12)3/h8-11,13,16-17H,4-7H2,1-3H3. The lowest BCUT2D eigenvalue weighted by Gasteiger charge is -2.24. The molecule has 98 valence electrons. The van der Waals surface area contributed by atoms with E-state index in [1.165, 1.54) is 0 Å². The van der Waals surface area contributed by atoms with Gasteiger partial charge in [0.25, 0.3) is 0 Å². The van der Waals surface area contributed by atoms with Crippen molar-refractivity contribution in [2.24, 2.45) is 13.0 Å². The van der Waals surface area contributed by atoms with E-state index in [0.29, 0.717) is 12.8 Å². The first-order chi connectivity index (χ1) is 8.10. The first kappa shape index (κ1) is 14.2. The molecule has 0 aliphatic heterocycles. The SMILES string of the molecule is CCC(CC)C(O)C(O)CCc1nccn1C. The molecule has 17 heavy (non-hydrogen) atoms. The second-order valence-corrected chi connectivity index (χ2v) is 4.63. The second-order valence-electron chi connectivity index (χ2n) is 4.63. The van der Waals surface area contributed by atoms with Gasteiger partial charge in [-0.3, -0.25) is 0 Å². The lowest BCUT2D eigenvalue weighted by Crippen LogP contribution is -2.33. The summed E-state index contributed by atoms with van der Waals surface area (Å²) in [5.41, 5.74) is 0. The third kappa shape index (κ3) is 3.82. The van der Waals surface area contributed by atoms with Gasteiger partial charge in [0, 0.05) is 25.9 Å². The number of hydrogen-bond acceptors (Lipinski definition) is 3. The monoisotopic (exact) mass is 240 g/mol. The van der Waals surface area contributed by atoms with Crippen LogP contribution < -0.4 is 0 Å². The molecular formula is C13H24N2O2. The van der Waals surface area contributed by atoms with Crippen molar-refractivity contribution in [3.8, 4) is 0 Å². The highest BCUT2D eigenvalue weighted by molar-refractivity contribution is 4.92. The normalized spacial score (nSPS) is 15.2. The van der Waals surface area contributed by atoms with E-state index in [1.54, 1.807) is 6.20 Å². The molecule has 1 rings (SSSR count). The third-order valence-electron chi connectivity index (χ3n) is 3.51. The van der Waals surface area contributed by atoms with Crippen molar-refractivity contribution >= 4 is 0 Å². The fourth-order valence-electron chi connectivity index (χ4n) is 2.17. The largest absolute Gasteiger partial charge is 0.390 e. The van der Waals surface area contributed by atoms with E-state index in [0.717, 1.165) is 18.7 Å². The maximum Gasteiger partial charge on any atom is 0.108 e. The van der Waals surface area contributed by atoms with Crippen LogP contribution in [0.15, 0.2) is 12.4 Å². The summed E-state index contributed by atoms with van der Waals surface area (Å²) in [5, 5.41) is 20.0. The Bertz CT molecular complexity index is 321. The van der Waals surface area contributed by atoms with E-state index in [4.69, 9.17) is 0 Å². The molecule has 4 heteroatoms. The van der Waals surface area contributed by atoms with Gasteiger partial charge in [-0.25, -0.2) is 4.98 Å². The molecule has 0 amide bonds. The molecule has 0 saturated carbocycles. The van der Waals surface area contributed by atoms with Crippen molar-refractivity contribution in [3.05, 3.63) is 18.2 Å². The van der Waals surface area contributed by atoms with Gasteiger partial charge in [-0.2, -0.15) is 0 Å². The van der Waals surface area contributed by atoms with Crippen LogP contribution in [-0.4, -0.2) is 32.0 Å². The van der Waals surface area contributed by atoms with E-state index in [2.05, 4.69) is 4.98 Å². The number of aryl methyl sites for hydroxylation is 2. The highest BCUT2D eigenvalue weighted by Gasteiger charge is 2.23. The smallest absolute Gasteiger partial charge is 0.108 e. The average molecular weight is 240 g/mol. The molecule has 0 radical (unpaired) electrons. The van der Waals surface area contributed by atoms with Gasteiger partial charge in [0.1, 0.15) is 5.82 Å². The molecule has 0 bridgehead atoms. The summed E-state index contributed by atoms with van der Waals surface area (Å²) >= 11 is 0. The average Bonchev–Trinajstić information content (AvgIpc) is 2.73. The van der Waals surface area contributed by atoms with Crippen molar-refractivity contribution < 1.29 is 10.2 Å². The topological polar surface area (TPSA) is 58.3 Å². The highest BCUT2D eigenvalue weighted by Crippen LogP contribution is 2.18. The van der Waals surface area contributed by atoms with Crippen LogP contribution in [0.3, 0.4) is 0 Å². The molecule has 2 N–H and O–H groups in total. The first-order valence-corrected chi connectivity index (χ1v) is 6.42. The quantitative estimate of drug-likeness (QED) is 0.759. The summed E-state index contributed by atoms with van der Waals surface area (Å²) in [6, 6.07) is 0. The Labute approximate surface area is 103 Å². The highest BCUT2D eigenvalue weighted by atomic mass is 16.3. The predicted octanol–water partition coefficient (Wildman–Crippen LogP) is 1.51. The number of nitrogens with zero attached hydrogens (tertiary/aromatic N) is 2. The van der Waals surface area contributed by atoms with Crippen molar-refractivity contribution in [2.45, 2.75) is 51.7 Å². The van der Waals surface area contributed by atoms with E-state index in [1.807, 2.05) is 31.7 Å². The van der Waals surface area contributed by atoms with Crippen LogP contribution in [0.1, 0.15) is 38.9 Å². The molecule has 0 aliphatic rings. The first-order valence-electron chi connectivity index (χ1n) is 6.42. The van der Waals surface area contributed by atoms with Gasteiger partial charge in [-0.05, 0) is 12.3 Å². The van der Waals surface area contributed by atoms with E-state index in [-0.39, 0.29) is 5.92 Å². The molecule has 0 fully saturated rings. The van der Waals surface area contributed by atoms with Crippen LogP contribution >= 0.6 is 0 Å².